The fourth-order valence-corrected chi connectivity index (χ4v) is 4.67. The molecule has 0 aliphatic heterocycles. The van der Waals surface area contributed by atoms with Gasteiger partial charge in [0, 0.05) is 0 Å². The molecule has 100 valence electrons. The Labute approximate surface area is 107 Å². The zero-order valence-corrected chi connectivity index (χ0v) is 13.1. The Morgan fingerprint density at radius 1 is 0.941 bits per heavy atom. The summed E-state index contributed by atoms with van der Waals surface area (Å²) in [6, 6.07) is 0. The number of rotatable bonds is 2. The van der Waals surface area contributed by atoms with Crippen LogP contribution in [0.1, 0.15) is 59.3 Å². The molecule has 0 saturated heterocycles. The van der Waals surface area contributed by atoms with Crippen molar-refractivity contribution >= 4 is 8.32 Å². The minimum Gasteiger partial charge on any atom is -0.411 e. The fourth-order valence-electron chi connectivity index (χ4n) is 2.98. The highest BCUT2D eigenvalue weighted by Crippen LogP contribution is 2.52. The van der Waals surface area contributed by atoms with E-state index in [9.17, 15) is 5.11 Å². The molecule has 0 unspecified atom stereocenters. The maximum Gasteiger partial charge on any atom is 0.192 e. The summed E-state index contributed by atoms with van der Waals surface area (Å²) in [6.45, 7) is 11.6. The van der Waals surface area contributed by atoms with E-state index in [1.807, 2.05) is 0 Å². The summed E-state index contributed by atoms with van der Waals surface area (Å²) in [4.78, 5) is 0. The number of fused-ring (bicyclic) bond motifs is 3. The van der Waals surface area contributed by atoms with E-state index in [2.05, 4.69) is 33.9 Å². The highest BCUT2D eigenvalue weighted by atomic mass is 28.4. The van der Waals surface area contributed by atoms with Crippen molar-refractivity contribution in [1.82, 2.24) is 0 Å². The summed E-state index contributed by atoms with van der Waals surface area (Å²) in [7, 11) is -1.67. The largest absolute Gasteiger partial charge is 0.411 e. The Kier molecular flexibility index (Phi) is 3.04. The predicted molar refractivity (Wildman–Crippen MR) is 73.7 cm³/mol. The van der Waals surface area contributed by atoms with Crippen molar-refractivity contribution < 1.29 is 9.53 Å². The van der Waals surface area contributed by atoms with Gasteiger partial charge in [0.1, 0.15) is 0 Å². The van der Waals surface area contributed by atoms with E-state index in [1.165, 1.54) is 0 Å². The van der Waals surface area contributed by atoms with Gasteiger partial charge in [-0.1, -0.05) is 20.8 Å². The molecule has 1 N–H and O–H groups in total. The second kappa shape index (κ2) is 3.81. The molecular weight excluding hydrogens is 228 g/mol. The van der Waals surface area contributed by atoms with Gasteiger partial charge in [0.05, 0.1) is 11.2 Å². The van der Waals surface area contributed by atoms with Crippen LogP contribution >= 0.6 is 0 Å². The molecule has 0 aromatic carbocycles. The first-order chi connectivity index (χ1) is 7.58. The molecule has 0 atom stereocenters. The molecule has 3 aliphatic carbocycles. The number of hydrogen-bond donors (Lipinski definition) is 1. The van der Waals surface area contributed by atoms with Gasteiger partial charge in [0.2, 0.25) is 0 Å². The van der Waals surface area contributed by atoms with Gasteiger partial charge in [-0.2, -0.15) is 0 Å². The molecule has 0 amide bonds. The molecular formula is C14H28O2Si. The van der Waals surface area contributed by atoms with E-state index in [4.69, 9.17) is 4.43 Å². The summed E-state index contributed by atoms with van der Waals surface area (Å²) in [5.41, 5.74) is -0.244. The average Bonchev–Trinajstić information content (AvgIpc) is 2.18. The molecule has 3 saturated carbocycles. The molecule has 0 aromatic rings. The second-order valence-corrected chi connectivity index (χ2v) is 12.5. The molecule has 0 heterocycles. The lowest BCUT2D eigenvalue weighted by atomic mass is 9.65. The first-order valence-corrected chi connectivity index (χ1v) is 9.91. The molecule has 17 heavy (non-hydrogen) atoms. The Balaban J connectivity index is 2.10. The van der Waals surface area contributed by atoms with Crippen molar-refractivity contribution in [3.05, 3.63) is 0 Å². The van der Waals surface area contributed by atoms with E-state index in [-0.39, 0.29) is 16.2 Å². The summed E-state index contributed by atoms with van der Waals surface area (Å²) < 4.78 is 6.69. The lowest BCUT2D eigenvalue weighted by Gasteiger charge is -2.55. The van der Waals surface area contributed by atoms with Crippen LogP contribution in [0, 0.1) is 0 Å². The van der Waals surface area contributed by atoms with Gasteiger partial charge in [0.25, 0.3) is 0 Å². The Morgan fingerprint density at radius 3 is 1.71 bits per heavy atom. The highest BCUT2D eigenvalue weighted by Gasteiger charge is 2.52. The van der Waals surface area contributed by atoms with Crippen LogP contribution in [-0.4, -0.2) is 24.6 Å². The zero-order chi connectivity index (χ0) is 12.9. The smallest absolute Gasteiger partial charge is 0.192 e. The molecule has 3 fully saturated rings. The monoisotopic (exact) mass is 256 g/mol. The average molecular weight is 256 g/mol. The molecule has 0 spiro atoms. The molecule has 3 aliphatic rings. The zero-order valence-electron chi connectivity index (χ0n) is 12.1. The van der Waals surface area contributed by atoms with E-state index in [0.717, 1.165) is 38.5 Å². The Hall–Kier alpha value is 0.137. The molecule has 3 rings (SSSR count). The topological polar surface area (TPSA) is 29.5 Å². The van der Waals surface area contributed by atoms with E-state index in [0.29, 0.717) is 0 Å². The Morgan fingerprint density at radius 2 is 1.35 bits per heavy atom. The second-order valence-electron chi connectivity index (χ2n) is 7.77. The number of aliphatic hydroxyl groups is 1. The summed E-state index contributed by atoms with van der Waals surface area (Å²) in [6.07, 6.45) is 6.03. The van der Waals surface area contributed by atoms with Crippen LogP contribution in [0.3, 0.4) is 0 Å². The fraction of sp³-hybridized carbons (Fsp3) is 1.00. The van der Waals surface area contributed by atoms with Crippen molar-refractivity contribution in [1.29, 1.82) is 0 Å². The van der Waals surface area contributed by atoms with Gasteiger partial charge in [-0.3, -0.25) is 0 Å². The maximum atomic E-state index is 10.2. The predicted octanol–water partition coefficient (Wildman–Crippen LogP) is 3.85. The number of hydrogen-bond acceptors (Lipinski definition) is 2. The molecule has 3 heteroatoms. The van der Waals surface area contributed by atoms with Crippen LogP contribution in [0.15, 0.2) is 0 Å². The minimum atomic E-state index is -1.67. The Bertz CT molecular complexity index is 279. The van der Waals surface area contributed by atoms with Crippen LogP contribution in [-0.2, 0) is 4.43 Å². The standard InChI is InChI=1S/C14H28O2Si/c1-12(2,3)17(4,5)16-14-9-6-13(15,7-10-14)8-11-14/h15H,6-11H2,1-5H3. The minimum absolute atomic E-state index is 0.105. The quantitative estimate of drug-likeness (QED) is 0.761. The van der Waals surface area contributed by atoms with Crippen LogP contribution in [0.25, 0.3) is 0 Å². The van der Waals surface area contributed by atoms with E-state index in [1.54, 1.807) is 0 Å². The van der Waals surface area contributed by atoms with E-state index < -0.39 is 8.32 Å². The third kappa shape index (κ3) is 2.47. The first-order valence-electron chi connectivity index (χ1n) is 7.00. The highest BCUT2D eigenvalue weighted by molar-refractivity contribution is 6.74. The lowest BCUT2D eigenvalue weighted by molar-refractivity contribution is -0.130. The normalized spacial score (nSPS) is 38.5. The van der Waals surface area contributed by atoms with Crippen LogP contribution in [0.4, 0.5) is 0 Å². The van der Waals surface area contributed by atoms with Crippen molar-refractivity contribution in [3.63, 3.8) is 0 Å². The lowest BCUT2D eigenvalue weighted by Crippen LogP contribution is -2.57. The van der Waals surface area contributed by atoms with Gasteiger partial charge in [-0.25, -0.2) is 0 Å². The van der Waals surface area contributed by atoms with Gasteiger partial charge in [0.15, 0.2) is 8.32 Å². The molecule has 0 radical (unpaired) electrons. The molecule has 0 aromatic heterocycles. The van der Waals surface area contributed by atoms with Gasteiger partial charge < -0.3 is 9.53 Å². The summed E-state index contributed by atoms with van der Waals surface area (Å²) >= 11 is 0. The van der Waals surface area contributed by atoms with Crippen LogP contribution in [0.5, 0.6) is 0 Å². The SMILES string of the molecule is CC(C)(C)[Si](C)(C)OC12CCC(O)(CC1)CC2. The van der Waals surface area contributed by atoms with Crippen LogP contribution in [0.2, 0.25) is 18.1 Å². The van der Waals surface area contributed by atoms with Crippen molar-refractivity contribution in [2.75, 3.05) is 0 Å². The maximum absolute atomic E-state index is 10.2. The third-order valence-corrected chi connectivity index (χ3v) is 9.97. The summed E-state index contributed by atoms with van der Waals surface area (Å²) in [5.74, 6) is 0. The van der Waals surface area contributed by atoms with Crippen molar-refractivity contribution in [2.24, 2.45) is 0 Å². The van der Waals surface area contributed by atoms with Crippen molar-refractivity contribution in [3.8, 4) is 0 Å². The molecule has 2 bridgehead atoms. The van der Waals surface area contributed by atoms with Gasteiger partial charge in [-0.05, 0) is 56.7 Å². The summed E-state index contributed by atoms with van der Waals surface area (Å²) in [5, 5.41) is 10.5. The van der Waals surface area contributed by atoms with Crippen LogP contribution < -0.4 is 0 Å². The first kappa shape index (κ1) is 13.6. The van der Waals surface area contributed by atoms with Gasteiger partial charge >= 0.3 is 0 Å². The van der Waals surface area contributed by atoms with E-state index >= 15 is 0 Å². The van der Waals surface area contributed by atoms with Gasteiger partial charge in [-0.15, -0.1) is 0 Å². The van der Waals surface area contributed by atoms with Crippen molar-refractivity contribution in [2.45, 2.75) is 88.6 Å². The molecule has 2 nitrogen and oxygen atoms in total. The third-order valence-electron chi connectivity index (χ3n) is 5.42.